The number of hydrogen-bond donors (Lipinski definition) is 2. The highest BCUT2D eigenvalue weighted by molar-refractivity contribution is 9.10. The number of likely N-dealkylation sites (tertiary alicyclic amines) is 1. The molecule has 1 aliphatic heterocycles. The number of carbonyl (C=O) groups is 2. The first kappa shape index (κ1) is 17.0. The van der Waals surface area contributed by atoms with Crippen molar-refractivity contribution in [1.82, 2.24) is 10.2 Å². The fourth-order valence-corrected chi connectivity index (χ4v) is 3.08. The molecule has 1 fully saturated rings. The number of piperidine rings is 1. The molecule has 120 valence electrons. The summed E-state index contributed by atoms with van der Waals surface area (Å²) < 4.78 is 0.882. The van der Waals surface area contributed by atoms with Gasteiger partial charge in [-0.25, -0.2) is 0 Å². The van der Waals surface area contributed by atoms with E-state index in [9.17, 15) is 9.59 Å². The topological polar surface area (TPSA) is 61.4 Å². The highest BCUT2D eigenvalue weighted by Gasteiger charge is 2.20. The van der Waals surface area contributed by atoms with Crippen LogP contribution in [0.15, 0.2) is 28.7 Å². The molecule has 2 rings (SSSR count). The Hall–Kier alpha value is -1.40. The summed E-state index contributed by atoms with van der Waals surface area (Å²) in [5.74, 6) is 0.0204. The van der Waals surface area contributed by atoms with Gasteiger partial charge in [0.2, 0.25) is 11.8 Å². The van der Waals surface area contributed by atoms with Gasteiger partial charge in [0.05, 0.1) is 5.69 Å². The summed E-state index contributed by atoms with van der Waals surface area (Å²) >= 11 is 3.42. The van der Waals surface area contributed by atoms with Gasteiger partial charge in [0.1, 0.15) is 0 Å². The smallest absolute Gasteiger partial charge is 0.225 e. The average molecular weight is 368 g/mol. The molecule has 5 nitrogen and oxygen atoms in total. The van der Waals surface area contributed by atoms with E-state index in [0.717, 1.165) is 36.1 Å². The van der Waals surface area contributed by atoms with Crippen molar-refractivity contribution in [3.63, 3.8) is 0 Å². The van der Waals surface area contributed by atoms with Gasteiger partial charge in [-0.15, -0.1) is 0 Å². The van der Waals surface area contributed by atoms with Gasteiger partial charge in [0.25, 0.3) is 0 Å². The van der Waals surface area contributed by atoms with E-state index in [1.807, 2.05) is 24.3 Å². The predicted molar refractivity (Wildman–Crippen MR) is 90.7 cm³/mol. The monoisotopic (exact) mass is 367 g/mol. The van der Waals surface area contributed by atoms with Gasteiger partial charge in [0, 0.05) is 36.9 Å². The van der Waals surface area contributed by atoms with Crippen LogP contribution in [0.1, 0.15) is 26.2 Å². The Morgan fingerprint density at radius 2 is 2.14 bits per heavy atom. The van der Waals surface area contributed by atoms with Crippen LogP contribution in [0.5, 0.6) is 0 Å². The third kappa shape index (κ3) is 5.42. The molecule has 0 saturated carbocycles. The zero-order valence-electron chi connectivity index (χ0n) is 12.8. The molecule has 1 aromatic rings. The molecule has 6 heteroatoms. The van der Waals surface area contributed by atoms with E-state index in [-0.39, 0.29) is 17.9 Å². The maximum atomic E-state index is 12.0. The van der Waals surface area contributed by atoms with Gasteiger partial charge < -0.3 is 15.5 Å². The molecule has 22 heavy (non-hydrogen) atoms. The maximum absolute atomic E-state index is 12.0. The molecule has 1 atom stereocenters. The van der Waals surface area contributed by atoms with E-state index in [1.165, 1.54) is 0 Å². The molecule has 0 aromatic heterocycles. The van der Waals surface area contributed by atoms with Crippen LogP contribution in [-0.2, 0) is 9.59 Å². The van der Waals surface area contributed by atoms with Crippen LogP contribution in [0.2, 0.25) is 0 Å². The summed E-state index contributed by atoms with van der Waals surface area (Å²) in [4.78, 5) is 25.4. The highest BCUT2D eigenvalue weighted by atomic mass is 79.9. The number of hydrogen-bond acceptors (Lipinski definition) is 3. The van der Waals surface area contributed by atoms with E-state index in [2.05, 4.69) is 31.5 Å². The summed E-state index contributed by atoms with van der Waals surface area (Å²) in [6.45, 7) is 4.07. The largest absolute Gasteiger partial charge is 0.352 e. The van der Waals surface area contributed by atoms with Gasteiger partial charge in [0.15, 0.2) is 0 Å². The van der Waals surface area contributed by atoms with Crippen LogP contribution < -0.4 is 10.6 Å². The SMILES string of the molecule is CC(=O)NC1CCCN(CCC(=O)Nc2ccccc2Br)C1. The molecule has 1 heterocycles. The molecule has 0 aliphatic carbocycles. The van der Waals surface area contributed by atoms with Gasteiger partial charge in [-0.05, 0) is 47.4 Å². The van der Waals surface area contributed by atoms with Crippen molar-refractivity contribution in [2.45, 2.75) is 32.2 Å². The molecule has 2 amide bonds. The van der Waals surface area contributed by atoms with Gasteiger partial charge in [-0.1, -0.05) is 12.1 Å². The average Bonchev–Trinajstić information content (AvgIpc) is 2.47. The number of anilines is 1. The fourth-order valence-electron chi connectivity index (χ4n) is 2.70. The molecule has 1 aromatic carbocycles. The Morgan fingerprint density at radius 3 is 2.86 bits per heavy atom. The Morgan fingerprint density at radius 1 is 1.36 bits per heavy atom. The number of amides is 2. The van der Waals surface area contributed by atoms with E-state index in [1.54, 1.807) is 6.92 Å². The fraction of sp³-hybridized carbons (Fsp3) is 0.500. The van der Waals surface area contributed by atoms with Crippen molar-refractivity contribution < 1.29 is 9.59 Å². The van der Waals surface area contributed by atoms with Crippen molar-refractivity contribution >= 4 is 33.4 Å². The minimum absolute atomic E-state index is 0.00792. The number of carbonyl (C=O) groups excluding carboxylic acids is 2. The first-order valence-electron chi connectivity index (χ1n) is 7.58. The molecule has 1 unspecified atom stereocenters. The molecule has 0 spiro atoms. The number of nitrogens with zero attached hydrogens (tertiary/aromatic N) is 1. The molecular formula is C16H22BrN3O2. The number of halogens is 1. The summed E-state index contributed by atoms with van der Waals surface area (Å²) in [6, 6.07) is 7.78. The molecule has 1 saturated heterocycles. The number of rotatable bonds is 5. The molecule has 0 bridgehead atoms. The summed E-state index contributed by atoms with van der Waals surface area (Å²) in [6.07, 6.45) is 2.52. The van der Waals surface area contributed by atoms with Crippen molar-refractivity contribution in [3.8, 4) is 0 Å². The first-order chi connectivity index (χ1) is 10.5. The van der Waals surface area contributed by atoms with E-state index in [0.29, 0.717) is 13.0 Å². The lowest BCUT2D eigenvalue weighted by Crippen LogP contribution is -2.47. The van der Waals surface area contributed by atoms with Crippen LogP contribution >= 0.6 is 15.9 Å². The Kier molecular flexibility index (Phi) is 6.39. The molecule has 2 N–H and O–H groups in total. The van der Waals surface area contributed by atoms with Crippen molar-refractivity contribution in [3.05, 3.63) is 28.7 Å². The van der Waals surface area contributed by atoms with Crippen LogP contribution in [-0.4, -0.2) is 42.4 Å². The van der Waals surface area contributed by atoms with E-state index < -0.39 is 0 Å². The highest BCUT2D eigenvalue weighted by Crippen LogP contribution is 2.21. The van der Waals surface area contributed by atoms with Crippen LogP contribution in [0.25, 0.3) is 0 Å². The van der Waals surface area contributed by atoms with Gasteiger partial charge in [-0.2, -0.15) is 0 Å². The zero-order valence-corrected chi connectivity index (χ0v) is 14.4. The van der Waals surface area contributed by atoms with Crippen LogP contribution in [0, 0.1) is 0 Å². The minimum Gasteiger partial charge on any atom is -0.352 e. The van der Waals surface area contributed by atoms with Crippen LogP contribution in [0.3, 0.4) is 0 Å². The number of benzene rings is 1. The minimum atomic E-state index is 0.00792. The van der Waals surface area contributed by atoms with Gasteiger partial charge >= 0.3 is 0 Å². The Balaban J connectivity index is 1.76. The lowest BCUT2D eigenvalue weighted by molar-refractivity contribution is -0.120. The summed E-state index contributed by atoms with van der Waals surface area (Å²) in [7, 11) is 0. The van der Waals surface area contributed by atoms with Crippen molar-refractivity contribution in [2.75, 3.05) is 25.0 Å². The molecule has 0 radical (unpaired) electrons. The molecule has 1 aliphatic rings. The first-order valence-corrected chi connectivity index (χ1v) is 8.37. The third-order valence-corrected chi connectivity index (χ3v) is 4.41. The van der Waals surface area contributed by atoms with Crippen LogP contribution in [0.4, 0.5) is 5.69 Å². The number of nitrogens with one attached hydrogen (secondary N) is 2. The second-order valence-corrected chi connectivity index (χ2v) is 6.47. The van der Waals surface area contributed by atoms with Crippen molar-refractivity contribution in [2.24, 2.45) is 0 Å². The van der Waals surface area contributed by atoms with Gasteiger partial charge in [-0.3, -0.25) is 9.59 Å². The Bertz CT molecular complexity index is 536. The summed E-state index contributed by atoms with van der Waals surface area (Å²) in [5, 5.41) is 5.87. The predicted octanol–water partition coefficient (Wildman–Crippen LogP) is 2.38. The Labute approximate surface area is 139 Å². The molecular weight excluding hydrogens is 346 g/mol. The number of para-hydroxylation sites is 1. The van der Waals surface area contributed by atoms with Crippen molar-refractivity contribution in [1.29, 1.82) is 0 Å². The van der Waals surface area contributed by atoms with E-state index >= 15 is 0 Å². The second kappa shape index (κ2) is 8.29. The second-order valence-electron chi connectivity index (χ2n) is 5.62. The lowest BCUT2D eigenvalue weighted by atomic mass is 10.1. The third-order valence-electron chi connectivity index (χ3n) is 3.72. The standard InChI is InChI=1S/C16H22BrN3O2/c1-12(21)18-13-5-4-9-20(11-13)10-8-16(22)19-15-7-3-2-6-14(15)17/h2-3,6-7,13H,4-5,8-11H2,1H3,(H,18,21)(H,19,22). The summed E-state index contributed by atoms with van der Waals surface area (Å²) in [5.41, 5.74) is 0.794. The quantitative estimate of drug-likeness (QED) is 0.839. The van der Waals surface area contributed by atoms with E-state index in [4.69, 9.17) is 0 Å². The normalized spacial score (nSPS) is 18.7. The zero-order chi connectivity index (χ0) is 15.9. The lowest BCUT2D eigenvalue weighted by Gasteiger charge is -2.32. The maximum Gasteiger partial charge on any atom is 0.225 e.